The van der Waals surface area contributed by atoms with Crippen molar-refractivity contribution in [1.82, 2.24) is 9.97 Å². The molecule has 7 nitrogen and oxygen atoms in total. The molecule has 0 fully saturated rings. The molecule has 0 saturated carbocycles. The Bertz CT molecular complexity index is 555. The van der Waals surface area contributed by atoms with Gasteiger partial charge in [0.25, 0.3) is 17.4 Å². The number of rotatable bonds is 1. The second kappa shape index (κ2) is 3.05. The topological polar surface area (TPSA) is 109 Å². The van der Waals surface area contributed by atoms with Crippen molar-refractivity contribution >= 4 is 16.7 Å². The Morgan fingerprint density at radius 3 is 2.53 bits per heavy atom. The van der Waals surface area contributed by atoms with Crippen molar-refractivity contribution in [1.29, 1.82) is 0 Å². The number of fused-ring (bicyclic) bond motifs is 1. The van der Waals surface area contributed by atoms with Gasteiger partial charge in [-0.05, 0) is 6.07 Å². The SMILES string of the molecule is O=[N+]([O-])c1cccc2nc(O)c(O)nc12. The van der Waals surface area contributed by atoms with E-state index in [1.165, 1.54) is 18.2 Å². The molecule has 1 aromatic heterocycles. The highest BCUT2D eigenvalue weighted by atomic mass is 16.6. The number of nitro benzene ring substituents is 1. The number of nitrogens with zero attached hydrogens (tertiary/aromatic N) is 3. The minimum absolute atomic E-state index is 0.0576. The van der Waals surface area contributed by atoms with E-state index in [1.54, 1.807) is 0 Å². The molecule has 1 heterocycles. The summed E-state index contributed by atoms with van der Waals surface area (Å²) in [5.74, 6) is -1.38. The molecule has 0 spiro atoms. The Hall–Kier alpha value is -2.44. The smallest absolute Gasteiger partial charge is 0.297 e. The summed E-state index contributed by atoms with van der Waals surface area (Å²) in [5.41, 5.74) is -0.174. The molecule has 0 amide bonds. The Morgan fingerprint density at radius 2 is 1.87 bits per heavy atom. The van der Waals surface area contributed by atoms with Crippen LogP contribution in [0.25, 0.3) is 11.0 Å². The van der Waals surface area contributed by atoms with Crippen LogP contribution in [0.5, 0.6) is 11.8 Å². The highest BCUT2D eigenvalue weighted by Crippen LogP contribution is 2.28. The van der Waals surface area contributed by atoms with Crippen LogP contribution in [-0.2, 0) is 0 Å². The Labute approximate surface area is 82.8 Å². The third-order valence-corrected chi connectivity index (χ3v) is 1.83. The number of nitro groups is 1. The molecule has 2 aromatic rings. The summed E-state index contributed by atoms with van der Waals surface area (Å²) in [4.78, 5) is 17.0. The van der Waals surface area contributed by atoms with Gasteiger partial charge >= 0.3 is 0 Å². The molecular formula is C8H5N3O4. The van der Waals surface area contributed by atoms with E-state index in [1.807, 2.05) is 0 Å². The van der Waals surface area contributed by atoms with Gasteiger partial charge in [-0.25, -0.2) is 4.98 Å². The molecule has 0 aliphatic rings. The fourth-order valence-electron chi connectivity index (χ4n) is 1.19. The molecule has 0 aliphatic carbocycles. The molecule has 0 unspecified atom stereocenters. The van der Waals surface area contributed by atoms with Crippen molar-refractivity contribution in [3.05, 3.63) is 28.3 Å². The minimum atomic E-state index is -0.725. The molecule has 15 heavy (non-hydrogen) atoms. The molecule has 0 atom stereocenters. The van der Waals surface area contributed by atoms with Gasteiger partial charge in [0.05, 0.1) is 4.92 Å². The maximum Gasteiger partial charge on any atom is 0.297 e. The largest absolute Gasteiger partial charge is 0.489 e. The molecule has 1 aromatic carbocycles. The second-order valence-corrected chi connectivity index (χ2v) is 2.77. The summed E-state index contributed by atoms with van der Waals surface area (Å²) in [6.07, 6.45) is 0. The van der Waals surface area contributed by atoms with Gasteiger partial charge in [-0.15, -0.1) is 0 Å². The van der Waals surface area contributed by atoms with Crippen LogP contribution in [-0.4, -0.2) is 25.1 Å². The van der Waals surface area contributed by atoms with Crippen LogP contribution in [0, 0.1) is 10.1 Å². The lowest BCUT2D eigenvalue weighted by Gasteiger charge is -1.99. The minimum Gasteiger partial charge on any atom is -0.489 e. The van der Waals surface area contributed by atoms with Crippen LogP contribution in [0.3, 0.4) is 0 Å². The van der Waals surface area contributed by atoms with E-state index in [0.717, 1.165) is 0 Å². The molecule has 0 radical (unpaired) electrons. The normalized spacial score (nSPS) is 10.4. The lowest BCUT2D eigenvalue weighted by Crippen LogP contribution is -1.93. The summed E-state index contributed by atoms with van der Waals surface area (Å²) in [7, 11) is 0. The summed E-state index contributed by atoms with van der Waals surface area (Å²) in [6.45, 7) is 0. The van der Waals surface area contributed by atoms with Gasteiger partial charge in [0.2, 0.25) is 0 Å². The van der Waals surface area contributed by atoms with Crippen LogP contribution in [0.15, 0.2) is 18.2 Å². The van der Waals surface area contributed by atoms with E-state index in [2.05, 4.69) is 9.97 Å². The lowest BCUT2D eigenvalue weighted by molar-refractivity contribution is -0.383. The lowest BCUT2D eigenvalue weighted by atomic mass is 10.2. The average molecular weight is 207 g/mol. The fourth-order valence-corrected chi connectivity index (χ4v) is 1.19. The van der Waals surface area contributed by atoms with E-state index in [9.17, 15) is 10.1 Å². The molecule has 2 rings (SSSR count). The first-order valence-corrected chi connectivity index (χ1v) is 3.92. The molecule has 7 heteroatoms. The van der Waals surface area contributed by atoms with Crippen molar-refractivity contribution in [2.24, 2.45) is 0 Å². The Balaban J connectivity index is 2.86. The zero-order chi connectivity index (χ0) is 11.0. The summed E-state index contributed by atoms with van der Waals surface area (Å²) < 4.78 is 0. The number of non-ortho nitro benzene ring substituents is 1. The average Bonchev–Trinajstić information content (AvgIpc) is 2.18. The quantitative estimate of drug-likeness (QED) is 0.532. The van der Waals surface area contributed by atoms with Crippen LogP contribution in [0.4, 0.5) is 5.69 Å². The van der Waals surface area contributed by atoms with Gasteiger partial charge < -0.3 is 10.2 Å². The molecule has 0 bridgehead atoms. The van der Waals surface area contributed by atoms with Gasteiger partial charge in [0, 0.05) is 6.07 Å². The van der Waals surface area contributed by atoms with E-state index < -0.39 is 16.7 Å². The number of para-hydroxylation sites is 1. The van der Waals surface area contributed by atoms with Crippen molar-refractivity contribution in [3.8, 4) is 11.8 Å². The van der Waals surface area contributed by atoms with Gasteiger partial charge in [0.15, 0.2) is 5.52 Å². The highest BCUT2D eigenvalue weighted by molar-refractivity contribution is 5.84. The number of hydrogen-bond donors (Lipinski definition) is 2. The highest BCUT2D eigenvalue weighted by Gasteiger charge is 2.16. The van der Waals surface area contributed by atoms with E-state index in [0.29, 0.717) is 0 Å². The predicted molar refractivity (Wildman–Crippen MR) is 49.5 cm³/mol. The Morgan fingerprint density at radius 1 is 1.20 bits per heavy atom. The second-order valence-electron chi connectivity index (χ2n) is 2.77. The zero-order valence-corrected chi connectivity index (χ0v) is 7.28. The third-order valence-electron chi connectivity index (χ3n) is 1.83. The van der Waals surface area contributed by atoms with E-state index in [-0.39, 0.29) is 16.7 Å². The fraction of sp³-hybridized carbons (Fsp3) is 0. The molecular weight excluding hydrogens is 202 g/mol. The standard InChI is InChI=1S/C8H5N3O4/c12-7-8(13)10-6-4(9-7)2-1-3-5(6)11(14)15/h1-3H,(H,9,12)(H,10,13). The van der Waals surface area contributed by atoms with E-state index >= 15 is 0 Å². The predicted octanol–water partition coefficient (Wildman–Crippen LogP) is 0.949. The molecule has 0 saturated heterocycles. The summed E-state index contributed by atoms with van der Waals surface area (Å²) >= 11 is 0. The van der Waals surface area contributed by atoms with Crippen molar-refractivity contribution < 1.29 is 15.1 Å². The van der Waals surface area contributed by atoms with Crippen molar-refractivity contribution in [2.75, 3.05) is 0 Å². The third kappa shape index (κ3) is 1.39. The van der Waals surface area contributed by atoms with Gasteiger partial charge in [0.1, 0.15) is 5.52 Å². The Kier molecular flexibility index (Phi) is 1.86. The summed E-state index contributed by atoms with van der Waals surface area (Å²) in [5, 5.41) is 28.7. The molecule has 2 N–H and O–H groups in total. The van der Waals surface area contributed by atoms with Crippen LogP contribution in [0.2, 0.25) is 0 Å². The van der Waals surface area contributed by atoms with Gasteiger partial charge in [-0.1, -0.05) is 6.07 Å². The molecule has 76 valence electrons. The summed E-state index contributed by atoms with van der Waals surface area (Å²) in [6, 6.07) is 4.12. The maximum atomic E-state index is 10.6. The first-order chi connectivity index (χ1) is 7.09. The van der Waals surface area contributed by atoms with Crippen LogP contribution >= 0.6 is 0 Å². The first-order valence-electron chi connectivity index (χ1n) is 3.92. The monoisotopic (exact) mass is 207 g/mol. The van der Waals surface area contributed by atoms with Crippen LogP contribution < -0.4 is 0 Å². The van der Waals surface area contributed by atoms with E-state index in [4.69, 9.17) is 10.2 Å². The zero-order valence-electron chi connectivity index (χ0n) is 7.28. The number of benzene rings is 1. The van der Waals surface area contributed by atoms with Crippen molar-refractivity contribution in [2.45, 2.75) is 0 Å². The van der Waals surface area contributed by atoms with Crippen molar-refractivity contribution in [3.63, 3.8) is 0 Å². The van der Waals surface area contributed by atoms with Gasteiger partial charge in [-0.3, -0.25) is 10.1 Å². The van der Waals surface area contributed by atoms with Gasteiger partial charge in [-0.2, -0.15) is 4.98 Å². The maximum absolute atomic E-state index is 10.6. The van der Waals surface area contributed by atoms with Crippen LogP contribution in [0.1, 0.15) is 0 Å². The number of aromatic nitrogens is 2. The number of aromatic hydroxyl groups is 2. The molecule has 0 aliphatic heterocycles. The number of hydrogen-bond acceptors (Lipinski definition) is 6. The first kappa shape index (κ1) is 9.13.